The molecule has 0 bridgehead atoms. The summed E-state index contributed by atoms with van der Waals surface area (Å²) in [5.41, 5.74) is -0.464. The van der Waals surface area contributed by atoms with Crippen molar-refractivity contribution in [2.75, 3.05) is 13.1 Å². The molecule has 3 unspecified atom stereocenters. The Hall–Kier alpha value is -0.810. The highest BCUT2D eigenvalue weighted by atomic mass is 16.6. The smallest absolute Gasteiger partial charge is 0.410 e. The molecule has 1 aliphatic rings. The van der Waals surface area contributed by atoms with Crippen LogP contribution in [0.1, 0.15) is 54.4 Å². The van der Waals surface area contributed by atoms with Gasteiger partial charge < -0.3 is 20.1 Å². The molecule has 1 aliphatic heterocycles. The van der Waals surface area contributed by atoms with Gasteiger partial charge in [0.25, 0.3) is 0 Å². The van der Waals surface area contributed by atoms with Gasteiger partial charge in [0.1, 0.15) is 5.60 Å². The number of aliphatic hydroxyl groups is 1. The summed E-state index contributed by atoms with van der Waals surface area (Å²) < 4.78 is 5.48. The van der Waals surface area contributed by atoms with Crippen molar-refractivity contribution in [3.8, 4) is 0 Å². The van der Waals surface area contributed by atoms with Crippen LogP contribution in [0.3, 0.4) is 0 Å². The number of hydrogen-bond donors (Lipinski definition) is 2. The fraction of sp³-hybridized carbons (Fsp3) is 0.938. The molecular weight excluding hydrogens is 268 g/mol. The Morgan fingerprint density at radius 1 is 1.38 bits per heavy atom. The van der Waals surface area contributed by atoms with Gasteiger partial charge in [-0.3, -0.25) is 0 Å². The third-order valence-corrected chi connectivity index (χ3v) is 3.92. The zero-order chi connectivity index (χ0) is 16.2. The summed E-state index contributed by atoms with van der Waals surface area (Å²) in [5, 5.41) is 13.2. The van der Waals surface area contributed by atoms with Crippen LogP contribution in [0, 0.1) is 5.92 Å². The van der Waals surface area contributed by atoms with Gasteiger partial charge >= 0.3 is 6.09 Å². The summed E-state index contributed by atoms with van der Waals surface area (Å²) in [6.07, 6.45) is 1.39. The van der Waals surface area contributed by atoms with Gasteiger partial charge in [-0.15, -0.1) is 0 Å². The highest BCUT2D eigenvalue weighted by Crippen LogP contribution is 2.23. The topological polar surface area (TPSA) is 61.8 Å². The van der Waals surface area contributed by atoms with E-state index in [1.807, 2.05) is 39.5 Å². The molecule has 5 heteroatoms. The lowest BCUT2D eigenvalue weighted by Gasteiger charge is -2.32. The number of aliphatic hydroxyl groups excluding tert-OH is 1. The van der Waals surface area contributed by atoms with Crippen molar-refractivity contribution < 1.29 is 14.6 Å². The Kier molecular flexibility index (Phi) is 6.47. The minimum atomic E-state index is -0.464. The second-order valence-electron chi connectivity index (χ2n) is 7.39. The lowest BCUT2D eigenvalue weighted by atomic mass is 10.0. The Balaban J connectivity index is 2.54. The van der Waals surface area contributed by atoms with E-state index in [0.29, 0.717) is 6.54 Å². The molecule has 0 saturated carbocycles. The average Bonchev–Trinajstić information content (AvgIpc) is 2.82. The summed E-state index contributed by atoms with van der Waals surface area (Å²) in [7, 11) is 0. The van der Waals surface area contributed by atoms with E-state index in [9.17, 15) is 9.90 Å². The zero-order valence-electron chi connectivity index (χ0n) is 14.3. The van der Waals surface area contributed by atoms with Gasteiger partial charge in [0.05, 0.1) is 12.1 Å². The number of hydrogen-bond acceptors (Lipinski definition) is 4. The van der Waals surface area contributed by atoms with Crippen LogP contribution >= 0.6 is 0 Å². The van der Waals surface area contributed by atoms with E-state index >= 15 is 0 Å². The van der Waals surface area contributed by atoms with E-state index < -0.39 is 5.60 Å². The number of likely N-dealkylation sites (tertiary alicyclic amines) is 1. The Morgan fingerprint density at radius 3 is 2.52 bits per heavy atom. The zero-order valence-corrected chi connectivity index (χ0v) is 14.3. The highest BCUT2D eigenvalue weighted by Gasteiger charge is 2.35. The first-order valence-electron chi connectivity index (χ1n) is 8.03. The van der Waals surface area contributed by atoms with Crippen LogP contribution in [-0.4, -0.2) is 53.0 Å². The van der Waals surface area contributed by atoms with Gasteiger partial charge in [-0.1, -0.05) is 13.8 Å². The van der Waals surface area contributed by atoms with Crippen molar-refractivity contribution in [3.63, 3.8) is 0 Å². The molecule has 21 heavy (non-hydrogen) atoms. The standard InChI is InChI=1S/C16H32N2O3/c1-11(2)14(19)10-17-12(3)13-8-7-9-18(13)15(20)21-16(4,5)6/h11-14,17,19H,7-10H2,1-6H3. The molecule has 1 saturated heterocycles. The number of nitrogens with zero attached hydrogens (tertiary/aromatic N) is 1. The molecule has 2 N–H and O–H groups in total. The Morgan fingerprint density at radius 2 is 2.00 bits per heavy atom. The molecule has 3 atom stereocenters. The molecule has 0 radical (unpaired) electrons. The summed E-state index contributed by atoms with van der Waals surface area (Å²) in [6, 6.07) is 0.285. The van der Waals surface area contributed by atoms with Crippen LogP contribution < -0.4 is 5.32 Å². The van der Waals surface area contributed by atoms with Crippen molar-refractivity contribution in [2.24, 2.45) is 5.92 Å². The SMILES string of the molecule is CC(C)C(O)CNC(C)C1CCCN1C(=O)OC(C)(C)C. The van der Waals surface area contributed by atoms with Gasteiger partial charge in [0.15, 0.2) is 0 Å². The minimum Gasteiger partial charge on any atom is -0.444 e. The molecule has 124 valence electrons. The predicted molar refractivity (Wildman–Crippen MR) is 84.3 cm³/mol. The number of carbonyl (C=O) groups is 1. The van der Waals surface area contributed by atoms with Crippen LogP contribution in [0.25, 0.3) is 0 Å². The third kappa shape index (κ3) is 5.83. The molecule has 0 aliphatic carbocycles. The van der Waals surface area contributed by atoms with Crippen molar-refractivity contribution in [3.05, 3.63) is 0 Å². The van der Waals surface area contributed by atoms with Crippen LogP contribution in [0.2, 0.25) is 0 Å². The van der Waals surface area contributed by atoms with Crippen LogP contribution in [0.15, 0.2) is 0 Å². The molecule has 5 nitrogen and oxygen atoms in total. The minimum absolute atomic E-state index is 0.138. The molecule has 0 aromatic carbocycles. The lowest BCUT2D eigenvalue weighted by Crippen LogP contribution is -2.50. The Bertz CT molecular complexity index is 339. The second-order valence-corrected chi connectivity index (χ2v) is 7.39. The molecular formula is C16H32N2O3. The number of amides is 1. The molecule has 1 amide bonds. The number of ether oxygens (including phenoxy) is 1. The molecule has 1 fully saturated rings. The molecule has 0 spiro atoms. The summed E-state index contributed by atoms with van der Waals surface area (Å²) >= 11 is 0. The van der Waals surface area contributed by atoms with Gasteiger partial charge in [-0.2, -0.15) is 0 Å². The first-order valence-corrected chi connectivity index (χ1v) is 8.03. The van der Waals surface area contributed by atoms with Crippen LogP contribution in [0.4, 0.5) is 4.79 Å². The van der Waals surface area contributed by atoms with E-state index in [1.165, 1.54) is 0 Å². The quantitative estimate of drug-likeness (QED) is 0.818. The van der Waals surface area contributed by atoms with Crippen molar-refractivity contribution in [1.82, 2.24) is 10.2 Å². The number of nitrogens with one attached hydrogen (secondary N) is 1. The largest absolute Gasteiger partial charge is 0.444 e. The van der Waals surface area contributed by atoms with Crippen molar-refractivity contribution in [1.29, 1.82) is 0 Å². The van der Waals surface area contributed by atoms with Gasteiger partial charge in [-0.25, -0.2) is 4.79 Å². The van der Waals surface area contributed by atoms with Crippen molar-refractivity contribution in [2.45, 2.75) is 78.2 Å². The third-order valence-electron chi connectivity index (χ3n) is 3.92. The molecule has 0 aromatic heterocycles. The van der Waals surface area contributed by atoms with E-state index in [0.717, 1.165) is 19.4 Å². The first-order chi connectivity index (χ1) is 9.61. The highest BCUT2D eigenvalue weighted by molar-refractivity contribution is 5.69. The normalized spacial score (nSPS) is 22.5. The van der Waals surface area contributed by atoms with Gasteiger partial charge in [0.2, 0.25) is 0 Å². The Labute approximate surface area is 129 Å². The van der Waals surface area contributed by atoms with E-state index in [4.69, 9.17) is 4.74 Å². The molecule has 0 aromatic rings. The number of carbonyl (C=O) groups excluding carboxylic acids is 1. The van der Waals surface area contributed by atoms with Crippen LogP contribution in [-0.2, 0) is 4.74 Å². The fourth-order valence-corrected chi connectivity index (χ4v) is 2.54. The second kappa shape index (κ2) is 7.45. The maximum Gasteiger partial charge on any atom is 0.410 e. The molecule has 1 rings (SSSR count). The number of rotatable bonds is 5. The predicted octanol–water partition coefficient (Wildman–Crippen LogP) is 2.38. The fourth-order valence-electron chi connectivity index (χ4n) is 2.54. The summed E-state index contributed by atoms with van der Waals surface area (Å²) in [5.74, 6) is 0.232. The maximum atomic E-state index is 12.2. The maximum absolute atomic E-state index is 12.2. The summed E-state index contributed by atoms with van der Waals surface area (Å²) in [6.45, 7) is 13.0. The molecule has 1 heterocycles. The summed E-state index contributed by atoms with van der Waals surface area (Å²) in [4.78, 5) is 14.1. The van der Waals surface area contributed by atoms with Crippen molar-refractivity contribution >= 4 is 6.09 Å². The van der Waals surface area contributed by atoms with Crippen LogP contribution in [0.5, 0.6) is 0 Å². The first kappa shape index (κ1) is 18.2. The van der Waals surface area contributed by atoms with E-state index in [2.05, 4.69) is 12.2 Å². The van der Waals surface area contributed by atoms with E-state index in [1.54, 1.807) is 0 Å². The monoisotopic (exact) mass is 300 g/mol. The van der Waals surface area contributed by atoms with E-state index in [-0.39, 0.29) is 30.2 Å². The average molecular weight is 300 g/mol. The lowest BCUT2D eigenvalue weighted by molar-refractivity contribution is 0.0195. The van der Waals surface area contributed by atoms with Gasteiger partial charge in [0, 0.05) is 19.1 Å². The van der Waals surface area contributed by atoms with Gasteiger partial charge in [-0.05, 0) is 46.5 Å².